The van der Waals surface area contributed by atoms with Gasteiger partial charge < -0.3 is 20.1 Å². The van der Waals surface area contributed by atoms with Gasteiger partial charge in [-0.2, -0.15) is 0 Å². The lowest BCUT2D eigenvalue weighted by Crippen LogP contribution is -2.28. The Bertz CT molecular complexity index is 804. The number of hydrogen-bond donors (Lipinski definition) is 2. The monoisotopic (exact) mass is 385 g/mol. The topological polar surface area (TPSA) is 103 Å². The van der Waals surface area contributed by atoms with Crippen LogP contribution in [-0.2, 0) is 4.74 Å². The molecule has 1 unspecified atom stereocenters. The Balaban J connectivity index is 1.41. The van der Waals surface area contributed by atoms with E-state index >= 15 is 0 Å². The van der Waals surface area contributed by atoms with Crippen LogP contribution < -0.4 is 15.4 Å². The molecule has 0 bridgehead atoms. The number of nitro benzene ring substituents is 1. The van der Waals surface area contributed by atoms with Gasteiger partial charge in [0.05, 0.1) is 11.0 Å². The van der Waals surface area contributed by atoms with E-state index in [1.807, 2.05) is 6.07 Å². The van der Waals surface area contributed by atoms with Crippen molar-refractivity contribution in [3.05, 3.63) is 64.2 Å². The van der Waals surface area contributed by atoms with Gasteiger partial charge in [-0.05, 0) is 43.2 Å². The molecule has 1 aliphatic rings. The number of nitro groups is 1. The van der Waals surface area contributed by atoms with E-state index < -0.39 is 4.92 Å². The first-order chi connectivity index (χ1) is 13.6. The van der Waals surface area contributed by atoms with Crippen LogP contribution in [0.3, 0.4) is 0 Å². The molecule has 3 rings (SSSR count). The van der Waals surface area contributed by atoms with Crippen LogP contribution in [0.2, 0.25) is 0 Å². The normalized spacial score (nSPS) is 15.8. The van der Waals surface area contributed by atoms with Gasteiger partial charge in [0, 0.05) is 43.1 Å². The summed E-state index contributed by atoms with van der Waals surface area (Å²) in [4.78, 5) is 22.5. The Hall–Kier alpha value is -3.13. The number of rotatable bonds is 9. The maximum atomic E-state index is 12.3. The van der Waals surface area contributed by atoms with Gasteiger partial charge in [-0.3, -0.25) is 14.9 Å². The molecule has 1 saturated heterocycles. The highest BCUT2D eigenvalue weighted by atomic mass is 16.6. The van der Waals surface area contributed by atoms with Gasteiger partial charge in [0.1, 0.15) is 12.4 Å². The highest BCUT2D eigenvalue weighted by Crippen LogP contribution is 2.17. The fraction of sp³-hybridized carbons (Fsp3) is 0.350. The number of nitrogens with zero attached hydrogens (tertiary/aromatic N) is 1. The second-order valence-corrected chi connectivity index (χ2v) is 6.46. The highest BCUT2D eigenvalue weighted by molar-refractivity contribution is 5.94. The Labute approximate surface area is 163 Å². The number of ether oxygens (including phenoxy) is 2. The van der Waals surface area contributed by atoms with Crippen LogP contribution >= 0.6 is 0 Å². The molecule has 1 fully saturated rings. The quantitative estimate of drug-likeness (QED) is 0.391. The Morgan fingerprint density at radius 1 is 1.21 bits per heavy atom. The van der Waals surface area contributed by atoms with E-state index in [4.69, 9.17) is 9.47 Å². The summed E-state index contributed by atoms with van der Waals surface area (Å²) in [6.45, 7) is 2.18. The first-order valence-electron chi connectivity index (χ1n) is 9.23. The Morgan fingerprint density at radius 2 is 2.04 bits per heavy atom. The number of carbonyl (C=O) groups is 1. The molecule has 0 aromatic heterocycles. The van der Waals surface area contributed by atoms with E-state index in [1.54, 1.807) is 30.3 Å². The largest absolute Gasteiger partial charge is 0.491 e. The third-order valence-electron chi connectivity index (χ3n) is 4.37. The van der Waals surface area contributed by atoms with Crippen molar-refractivity contribution in [3.63, 3.8) is 0 Å². The first kappa shape index (κ1) is 19.6. The average Bonchev–Trinajstić information content (AvgIpc) is 3.24. The van der Waals surface area contributed by atoms with Crippen molar-refractivity contribution < 1.29 is 19.2 Å². The van der Waals surface area contributed by atoms with E-state index in [9.17, 15) is 14.9 Å². The first-order valence-corrected chi connectivity index (χ1v) is 9.23. The van der Waals surface area contributed by atoms with Crippen LogP contribution in [0.4, 0.5) is 11.4 Å². The van der Waals surface area contributed by atoms with Crippen molar-refractivity contribution in [1.29, 1.82) is 0 Å². The molecule has 0 aliphatic carbocycles. The third-order valence-corrected chi connectivity index (χ3v) is 4.37. The van der Waals surface area contributed by atoms with E-state index in [0.717, 1.165) is 25.1 Å². The summed E-state index contributed by atoms with van der Waals surface area (Å²) in [6.07, 6.45) is 2.19. The van der Waals surface area contributed by atoms with Gasteiger partial charge in [-0.25, -0.2) is 0 Å². The maximum Gasteiger partial charge on any atom is 0.269 e. The summed E-state index contributed by atoms with van der Waals surface area (Å²) in [5.41, 5.74) is 1.32. The number of benzene rings is 2. The van der Waals surface area contributed by atoms with Crippen LogP contribution in [0.25, 0.3) is 0 Å². The number of nitrogens with one attached hydrogen (secondary N) is 2. The molecule has 1 aliphatic heterocycles. The lowest BCUT2D eigenvalue weighted by Gasteiger charge is -2.12. The van der Waals surface area contributed by atoms with Gasteiger partial charge in [0.15, 0.2) is 0 Å². The van der Waals surface area contributed by atoms with Crippen molar-refractivity contribution in [2.24, 2.45) is 0 Å². The molecular weight excluding hydrogens is 362 g/mol. The highest BCUT2D eigenvalue weighted by Gasteiger charge is 2.16. The number of hydrogen-bond acceptors (Lipinski definition) is 6. The fourth-order valence-corrected chi connectivity index (χ4v) is 2.88. The molecule has 0 radical (unpaired) electrons. The molecular formula is C20H23N3O5. The minimum Gasteiger partial charge on any atom is -0.491 e. The Kier molecular flexibility index (Phi) is 6.80. The van der Waals surface area contributed by atoms with Gasteiger partial charge >= 0.3 is 0 Å². The summed E-state index contributed by atoms with van der Waals surface area (Å²) in [7, 11) is 0. The SMILES string of the molecule is O=C(NCCNc1ccc([N+](=O)[O-])cc1)c1cccc(OCC2CCCO2)c1. The van der Waals surface area contributed by atoms with Crippen LogP contribution in [-0.4, -0.2) is 43.2 Å². The van der Waals surface area contributed by atoms with Gasteiger partial charge in [0.25, 0.3) is 11.6 Å². The molecule has 0 saturated carbocycles. The van der Waals surface area contributed by atoms with Crippen molar-refractivity contribution in [3.8, 4) is 5.75 Å². The molecule has 2 aromatic carbocycles. The van der Waals surface area contributed by atoms with Crippen LogP contribution in [0.15, 0.2) is 48.5 Å². The molecule has 2 aromatic rings. The molecule has 28 heavy (non-hydrogen) atoms. The summed E-state index contributed by atoms with van der Waals surface area (Å²) in [5, 5.41) is 16.6. The molecule has 1 atom stereocenters. The predicted molar refractivity (Wildman–Crippen MR) is 105 cm³/mol. The summed E-state index contributed by atoms with van der Waals surface area (Å²) < 4.78 is 11.3. The molecule has 148 valence electrons. The summed E-state index contributed by atoms with van der Waals surface area (Å²) >= 11 is 0. The van der Waals surface area contributed by atoms with Gasteiger partial charge in [-0.15, -0.1) is 0 Å². The lowest BCUT2D eigenvalue weighted by molar-refractivity contribution is -0.384. The summed E-state index contributed by atoms with van der Waals surface area (Å²) in [6, 6.07) is 13.2. The zero-order valence-electron chi connectivity index (χ0n) is 15.4. The van der Waals surface area contributed by atoms with E-state index in [1.165, 1.54) is 12.1 Å². The van der Waals surface area contributed by atoms with Gasteiger partial charge in [-0.1, -0.05) is 6.07 Å². The van der Waals surface area contributed by atoms with Crippen LogP contribution in [0, 0.1) is 10.1 Å². The minimum absolute atomic E-state index is 0.0421. The lowest BCUT2D eigenvalue weighted by atomic mass is 10.2. The van der Waals surface area contributed by atoms with E-state index in [-0.39, 0.29) is 17.7 Å². The molecule has 2 N–H and O–H groups in total. The number of carbonyl (C=O) groups excluding carboxylic acids is 1. The van der Waals surface area contributed by atoms with Crippen molar-refractivity contribution >= 4 is 17.3 Å². The van der Waals surface area contributed by atoms with Crippen molar-refractivity contribution in [2.75, 3.05) is 31.6 Å². The zero-order chi connectivity index (χ0) is 19.8. The molecule has 1 amide bonds. The van der Waals surface area contributed by atoms with E-state index in [2.05, 4.69) is 10.6 Å². The standard InChI is InChI=1S/C20H23N3O5/c24-20(22-11-10-21-16-6-8-17(9-7-16)23(25)26)15-3-1-4-18(13-15)28-14-19-5-2-12-27-19/h1,3-4,6-9,13,19,21H,2,5,10-12,14H2,(H,22,24). The van der Waals surface area contributed by atoms with Crippen molar-refractivity contribution in [1.82, 2.24) is 5.32 Å². The van der Waals surface area contributed by atoms with Crippen LogP contribution in [0.1, 0.15) is 23.2 Å². The number of non-ortho nitro benzene ring substituents is 1. The molecule has 8 nitrogen and oxygen atoms in total. The third kappa shape index (κ3) is 5.68. The van der Waals surface area contributed by atoms with Gasteiger partial charge in [0.2, 0.25) is 0 Å². The molecule has 8 heteroatoms. The molecule has 0 spiro atoms. The maximum absolute atomic E-state index is 12.3. The van der Waals surface area contributed by atoms with E-state index in [0.29, 0.717) is 31.0 Å². The number of amides is 1. The average molecular weight is 385 g/mol. The van der Waals surface area contributed by atoms with Crippen molar-refractivity contribution in [2.45, 2.75) is 18.9 Å². The number of anilines is 1. The second-order valence-electron chi connectivity index (χ2n) is 6.46. The molecule has 1 heterocycles. The predicted octanol–water partition coefficient (Wildman–Crippen LogP) is 2.99. The zero-order valence-corrected chi connectivity index (χ0v) is 15.4. The summed E-state index contributed by atoms with van der Waals surface area (Å²) in [5.74, 6) is 0.459. The minimum atomic E-state index is -0.442. The second kappa shape index (κ2) is 9.70. The smallest absolute Gasteiger partial charge is 0.269 e. The Morgan fingerprint density at radius 3 is 2.75 bits per heavy atom. The fourth-order valence-electron chi connectivity index (χ4n) is 2.88. The van der Waals surface area contributed by atoms with Crippen LogP contribution in [0.5, 0.6) is 5.75 Å².